The Kier molecular flexibility index (Phi) is 3.54. The Balaban J connectivity index is 2.31. The molecule has 1 heterocycles. The van der Waals surface area contributed by atoms with Gasteiger partial charge in [0.1, 0.15) is 5.60 Å². The normalized spacial score (nSPS) is 17.0. The summed E-state index contributed by atoms with van der Waals surface area (Å²) in [6, 6.07) is 5.85. The summed E-state index contributed by atoms with van der Waals surface area (Å²) in [5.41, 5.74) is 2.12. The predicted molar refractivity (Wildman–Crippen MR) is 77.2 cm³/mol. The highest BCUT2D eigenvalue weighted by Gasteiger charge is 2.42. The highest BCUT2D eigenvalue weighted by Crippen LogP contribution is 2.40. The molecule has 4 heteroatoms. The second kappa shape index (κ2) is 4.77. The minimum absolute atomic E-state index is 0.00972. The molecule has 0 fully saturated rings. The van der Waals surface area contributed by atoms with E-state index in [1.165, 1.54) is 0 Å². The number of carbonyl (C=O) groups excluding carboxylic acids is 1. The van der Waals surface area contributed by atoms with E-state index >= 15 is 0 Å². The number of hydrogen-bond donors (Lipinski definition) is 1. The molecular weight excluding hydrogens is 254 g/mol. The number of hydrogen-bond acceptors (Lipinski definition) is 3. The summed E-state index contributed by atoms with van der Waals surface area (Å²) in [5.74, 6) is 0. The van der Waals surface area contributed by atoms with Gasteiger partial charge in [-0.3, -0.25) is 4.90 Å². The number of rotatable bonds is 1. The van der Waals surface area contributed by atoms with Crippen LogP contribution in [0, 0.1) is 0 Å². The van der Waals surface area contributed by atoms with Gasteiger partial charge < -0.3 is 9.84 Å². The van der Waals surface area contributed by atoms with Crippen LogP contribution in [-0.2, 0) is 23.4 Å². The van der Waals surface area contributed by atoms with E-state index in [0.717, 1.165) is 16.7 Å². The maximum absolute atomic E-state index is 12.4. The topological polar surface area (TPSA) is 49.8 Å². The third-order valence-corrected chi connectivity index (χ3v) is 3.63. The fourth-order valence-electron chi connectivity index (χ4n) is 2.55. The zero-order valence-corrected chi connectivity index (χ0v) is 12.9. The lowest BCUT2D eigenvalue weighted by atomic mass is 9.92. The molecule has 0 unspecified atom stereocenters. The Labute approximate surface area is 120 Å². The Morgan fingerprint density at radius 2 is 2.05 bits per heavy atom. The number of aliphatic hydroxyl groups is 1. The number of aliphatic hydroxyl groups excluding tert-OH is 1. The number of benzene rings is 1. The van der Waals surface area contributed by atoms with E-state index in [2.05, 4.69) is 0 Å². The summed E-state index contributed by atoms with van der Waals surface area (Å²) in [4.78, 5) is 14.1. The standard InChI is InChI=1S/C16H23NO3/c1-15(2,3)20-14(19)17-9-12-7-6-11(10-18)8-13(12)16(17,4)5/h6-8,18H,9-10H2,1-5H3. The monoisotopic (exact) mass is 277 g/mol. The summed E-state index contributed by atoms with van der Waals surface area (Å²) < 4.78 is 5.48. The molecule has 0 aliphatic carbocycles. The third-order valence-electron chi connectivity index (χ3n) is 3.63. The molecule has 1 aliphatic rings. The molecule has 110 valence electrons. The van der Waals surface area contributed by atoms with Crippen LogP contribution in [0.4, 0.5) is 4.79 Å². The lowest BCUT2D eigenvalue weighted by molar-refractivity contribution is 0.00519. The highest BCUT2D eigenvalue weighted by atomic mass is 16.6. The Hall–Kier alpha value is -1.55. The van der Waals surface area contributed by atoms with E-state index in [4.69, 9.17) is 4.74 Å². The van der Waals surface area contributed by atoms with Crippen LogP contribution in [0.5, 0.6) is 0 Å². The minimum atomic E-state index is -0.502. The zero-order valence-electron chi connectivity index (χ0n) is 12.9. The van der Waals surface area contributed by atoms with E-state index in [9.17, 15) is 9.90 Å². The quantitative estimate of drug-likeness (QED) is 0.857. The first-order chi connectivity index (χ1) is 9.15. The van der Waals surface area contributed by atoms with E-state index in [-0.39, 0.29) is 12.7 Å². The van der Waals surface area contributed by atoms with Crippen molar-refractivity contribution in [2.24, 2.45) is 0 Å². The van der Waals surface area contributed by atoms with E-state index in [1.807, 2.05) is 52.8 Å². The molecule has 4 nitrogen and oxygen atoms in total. The van der Waals surface area contributed by atoms with Crippen molar-refractivity contribution in [2.75, 3.05) is 0 Å². The summed E-state index contributed by atoms with van der Waals surface area (Å²) in [6.45, 7) is 10.2. The number of carbonyl (C=O) groups is 1. The molecule has 0 bridgehead atoms. The lowest BCUT2D eigenvalue weighted by Crippen LogP contribution is -2.43. The molecule has 1 aromatic rings. The van der Waals surface area contributed by atoms with Gasteiger partial charge in [-0.05, 0) is 51.3 Å². The Bertz CT molecular complexity index is 529. The smallest absolute Gasteiger partial charge is 0.411 e. The highest BCUT2D eigenvalue weighted by molar-refractivity contribution is 5.71. The SMILES string of the molecule is CC(C)(C)OC(=O)N1Cc2ccc(CO)cc2C1(C)C. The van der Waals surface area contributed by atoms with Crippen molar-refractivity contribution >= 4 is 6.09 Å². The zero-order chi connectivity index (χ0) is 15.1. The van der Waals surface area contributed by atoms with E-state index in [0.29, 0.717) is 6.54 Å². The Morgan fingerprint density at radius 1 is 1.40 bits per heavy atom. The van der Waals surface area contributed by atoms with Gasteiger partial charge in [-0.15, -0.1) is 0 Å². The molecule has 20 heavy (non-hydrogen) atoms. The van der Waals surface area contributed by atoms with Crippen molar-refractivity contribution in [3.63, 3.8) is 0 Å². The molecule has 1 N–H and O–H groups in total. The van der Waals surface area contributed by atoms with Gasteiger partial charge in [-0.1, -0.05) is 18.2 Å². The van der Waals surface area contributed by atoms with Gasteiger partial charge in [0, 0.05) is 0 Å². The summed E-state index contributed by atoms with van der Waals surface area (Å²) in [5, 5.41) is 9.26. The molecule has 0 saturated heterocycles. The first kappa shape index (κ1) is 14.9. The fraction of sp³-hybridized carbons (Fsp3) is 0.562. The van der Waals surface area contributed by atoms with E-state index < -0.39 is 11.1 Å². The van der Waals surface area contributed by atoms with Crippen molar-refractivity contribution < 1.29 is 14.6 Å². The number of ether oxygens (including phenoxy) is 1. The van der Waals surface area contributed by atoms with Crippen molar-refractivity contribution in [1.29, 1.82) is 0 Å². The molecule has 2 rings (SSSR count). The number of fused-ring (bicyclic) bond motifs is 1. The van der Waals surface area contributed by atoms with Crippen molar-refractivity contribution in [1.82, 2.24) is 4.90 Å². The third kappa shape index (κ3) is 2.66. The second-order valence-electron chi connectivity index (χ2n) is 6.78. The lowest BCUT2D eigenvalue weighted by Gasteiger charge is -2.34. The van der Waals surface area contributed by atoms with E-state index in [1.54, 1.807) is 4.90 Å². The first-order valence-corrected chi connectivity index (χ1v) is 6.89. The largest absolute Gasteiger partial charge is 0.444 e. The molecule has 0 spiro atoms. The molecule has 0 aromatic heterocycles. The van der Waals surface area contributed by atoms with Crippen LogP contribution < -0.4 is 0 Å². The van der Waals surface area contributed by atoms with Gasteiger partial charge in [0.15, 0.2) is 0 Å². The number of nitrogens with zero attached hydrogens (tertiary/aromatic N) is 1. The van der Waals surface area contributed by atoms with Gasteiger partial charge in [-0.2, -0.15) is 0 Å². The summed E-state index contributed by atoms with van der Waals surface area (Å²) in [6.07, 6.45) is -0.302. The fourth-order valence-corrected chi connectivity index (χ4v) is 2.55. The second-order valence-corrected chi connectivity index (χ2v) is 6.78. The average Bonchev–Trinajstić information content (AvgIpc) is 2.59. The van der Waals surface area contributed by atoms with Crippen molar-refractivity contribution in [3.8, 4) is 0 Å². The summed E-state index contributed by atoms with van der Waals surface area (Å²) in [7, 11) is 0. The average molecular weight is 277 g/mol. The number of amides is 1. The molecule has 0 saturated carbocycles. The van der Waals surface area contributed by atoms with Crippen LogP contribution in [0.25, 0.3) is 0 Å². The predicted octanol–water partition coefficient (Wildman–Crippen LogP) is 3.16. The van der Waals surface area contributed by atoms with Gasteiger partial charge >= 0.3 is 6.09 Å². The van der Waals surface area contributed by atoms with Crippen LogP contribution in [0.2, 0.25) is 0 Å². The molecule has 1 aromatic carbocycles. The van der Waals surface area contributed by atoms with Gasteiger partial charge in [0.25, 0.3) is 0 Å². The summed E-state index contributed by atoms with van der Waals surface area (Å²) >= 11 is 0. The van der Waals surface area contributed by atoms with Crippen molar-refractivity contribution in [3.05, 3.63) is 34.9 Å². The van der Waals surface area contributed by atoms with Gasteiger partial charge in [0.05, 0.1) is 18.7 Å². The molecule has 0 atom stereocenters. The van der Waals surface area contributed by atoms with Crippen LogP contribution in [0.3, 0.4) is 0 Å². The van der Waals surface area contributed by atoms with Crippen LogP contribution in [-0.4, -0.2) is 21.7 Å². The van der Waals surface area contributed by atoms with Crippen molar-refractivity contribution in [2.45, 2.75) is 58.9 Å². The molecule has 1 amide bonds. The molecule has 0 radical (unpaired) electrons. The van der Waals surface area contributed by atoms with Crippen LogP contribution >= 0.6 is 0 Å². The van der Waals surface area contributed by atoms with Crippen LogP contribution in [0.1, 0.15) is 51.3 Å². The maximum atomic E-state index is 12.4. The molecule has 1 aliphatic heterocycles. The molecular formula is C16H23NO3. The van der Waals surface area contributed by atoms with Crippen LogP contribution in [0.15, 0.2) is 18.2 Å². The first-order valence-electron chi connectivity index (χ1n) is 6.89. The van der Waals surface area contributed by atoms with Gasteiger partial charge in [-0.25, -0.2) is 4.79 Å². The minimum Gasteiger partial charge on any atom is -0.444 e. The maximum Gasteiger partial charge on any atom is 0.411 e. The Morgan fingerprint density at radius 3 is 2.60 bits per heavy atom. The van der Waals surface area contributed by atoms with Gasteiger partial charge in [0.2, 0.25) is 0 Å².